The molecule has 0 rings (SSSR count). The number of nitrogens with one attached hydrogen (secondary N) is 13. The second kappa shape index (κ2) is 48.4. The van der Waals surface area contributed by atoms with Crippen molar-refractivity contribution in [3.63, 3.8) is 0 Å². The summed E-state index contributed by atoms with van der Waals surface area (Å²) in [6, 6.07) is -20.6. The molecule has 47 nitrogen and oxygen atoms in total. The Bertz CT molecular complexity index is 3230. The lowest BCUT2D eigenvalue weighted by molar-refractivity contribution is -0.139. The van der Waals surface area contributed by atoms with Gasteiger partial charge in [-0.15, -0.1) is 0 Å². The third-order valence-corrected chi connectivity index (χ3v) is 14.7. The Balaban J connectivity index is 7.54. The first-order chi connectivity index (χ1) is 48.9. The van der Waals surface area contributed by atoms with E-state index in [9.17, 15) is 121 Å². The third kappa shape index (κ3) is 41.8. The second-order valence-electron chi connectivity index (χ2n) is 23.6. The van der Waals surface area contributed by atoms with Gasteiger partial charge in [0.25, 0.3) is 0 Å². The third-order valence-electron chi connectivity index (χ3n) is 14.7. The van der Waals surface area contributed by atoms with Gasteiger partial charge in [-0.1, -0.05) is 0 Å². The summed E-state index contributed by atoms with van der Waals surface area (Å²) in [5.74, 6) is -27.6. The summed E-state index contributed by atoms with van der Waals surface area (Å²) < 4.78 is 0. The van der Waals surface area contributed by atoms with Gasteiger partial charge in [-0.05, 0) is 77.0 Å². The highest BCUT2D eigenvalue weighted by molar-refractivity contribution is 6.00. The molecule has 0 aliphatic heterocycles. The summed E-state index contributed by atoms with van der Waals surface area (Å²) in [5, 5.41) is 63.2. The number of carbonyl (C=O) groups excluding carboxylic acids is 19. The van der Waals surface area contributed by atoms with E-state index in [1.807, 2.05) is 0 Å². The zero-order valence-electron chi connectivity index (χ0n) is 57.1. The molecule has 0 unspecified atom stereocenters. The highest BCUT2D eigenvalue weighted by Gasteiger charge is 2.38. The maximum Gasteiger partial charge on any atom is 0.303 e. The Morgan fingerprint density at radius 3 is 0.581 bits per heavy atom. The summed E-state index contributed by atoms with van der Waals surface area (Å²) in [6.45, 7) is 0.891. The number of guanidine groups is 1. The molecule has 0 aliphatic rings. The van der Waals surface area contributed by atoms with Gasteiger partial charge in [0.2, 0.25) is 112 Å². The maximum atomic E-state index is 14.3. The predicted octanol–water partition coefficient (Wildman–Crippen LogP) is -12.5. The van der Waals surface area contributed by atoms with Crippen LogP contribution in [0.2, 0.25) is 0 Å². The van der Waals surface area contributed by atoms with Gasteiger partial charge in [0.1, 0.15) is 66.5 Å². The molecule has 0 aromatic rings. The molecule has 0 spiro atoms. The smallest absolute Gasteiger partial charge is 0.303 e. The summed E-state index contributed by atoms with van der Waals surface area (Å²) in [7, 11) is 0. The largest absolute Gasteiger partial charge is 0.481 e. The average molecular weight is 1500 g/mol. The molecule has 19 amide bonds. The van der Waals surface area contributed by atoms with Crippen LogP contribution < -0.4 is 115 Å². The van der Waals surface area contributed by atoms with Gasteiger partial charge < -0.3 is 131 Å². The van der Waals surface area contributed by atoms with E-state index in [1.54, 1.807) is 0 Å². The molecule has 0 aromatic heterocycles. The van der Waals surface area contributed by atoms with E-state index >= 15 is 0 Å². The number of rotatable bonds is 56. The van der Waals surface area contributed by atoms with Crippen molar-refractivity contribution in [1.82, 2.24) is 63.8 Å². The zero-order valence-corrected chi connectivity index (χ0v) is 57.1. The summed E-state index contributed by atoms with van der Waals surface area (Å²) in [4.78, 5) is 283. The van der Waals surface area contributed by atoms with Gasteiger partial charge in [-0.3, -0.25) is 111 Å². The lowest BCUT2D eigenvalue weighted by Gasteiger charge is -2.28. The van der Waals surface area contributed by atoms with Crippen LogP contribution in [0.1, 0.15) is 148 Å². The van der Waals surface area contributed by atoms with Crippen molar-refractivity contribution < 1.29 is 121 Å². The van der Waals surface area contributed by atoms with Gasteiger partial charge in [0, 0.05) is 77.7 Å². The highest BCUT2D eigenvalue weighted by atomic mass is 16.4. The Labute approximate surface area is 597 Å². The lowest BCUT2D eigenvalue weighted by Crippen LogP contribution is -2.61. The SMILES string of the molecule is CC(=O)N[C@@H](CCC(N)=O)C(=O)N[C@@H](CCC(N)=O)C(=O)N[C@@H](CCCNC(=N)N)C(=O)N[C@@H](CCC(N)=O)C(=O)N[C@@H](CCC(=O)O)C(=O)N[C@@H](CCC(N)=O)C(=O)N[C@@H](CCC(=O)O)C(=O)N[C@@H](CCC(N)=O)C(=O)N[C@@H](CCC(=O)O)C(=O)N[C@@H](CCC(N)=O)C(=O)N[C@@H](CCC(N)=O)C(N)=O. The van der Waals surface area contributed by atoms with Crippen molar-refractivity contribution in [1.29, 1.82) is 5.41 Å². The number of hydrogen-bond acceptors (Lipinski definition) is 23. The van der Waals surface area contributed by atoms with Crippen molar-refractivity contribution in [2.75, 3.05) is 6.54 Å². The maximum absolute atomic E-state index is 14.3. The Kier molecular flexibility index (Phi) is 42.7. The molecule has 0 saturated heterocycles. The molecule has 34 N–H and O–H groups in total. The highest BCUT2D eigenvalue weighted by Crippen LogP contribution is 2.13. The van der Waals surface area contributed by atoms with Crippen LogP contribution in [0.15, 0.2) is 0 Å². The fourth-order valence-electron chi connectivity index (χ4n) is 9.28. The molecular weight excluding hydrogens is 1400 g/mol. The van der Waals surface area contributed by atoms with Crippen molar-refractivity contribution in [3.8, 4) is 0 Å². The number of aliphatic carboxylic acids is 3. The first kappa shape index (κ1) is 92.6. The topological polar surface area (TPSA) is 839 Å². The molecule has 0 saturated carbocycles. The van der Waals surface area contributed by atoms with Gasteiger partial charge in [-0.25, -0.2) is 0 Å². The van der Waals surface area contributed by atoms with Gasteiger partial charge in [0.05, 0.1) is 0 Å². The van der Waals surface area contributed by atoms with E-state index in [0.29, 0.717) is 0 Å². The molecule has 47 heteroatoms. The van der Waals surface area contributed by atoms with E-state index in [4.69, 9.17) is 57.0 Å². The summed E-state index contributed by atoms with van der Waals surface area (Å²) in [5.41, 5.74) is 47.7. The minimum Gasteiger partial charge on any atom is -0.481 e. The fourth-order valence-corrected chi connectivity index (χ4v) is 9.28. The summed E-state index contributed by atoms with van der Waals surface area (Å²) in [6.07, 6.45) is -14.4. The molecule has 11 atom stereocenters. The van der Waals surface area contributed by atoms with Crippen LogP contribution in [0, 0.1) is 5.41 Å². The van der Waals surface area contributed by atoms with E-state index in [0.717, 1.165) is 6.92 Å². The first-order valence-electron chi connectivity index (χ1n) is 32.2. The van der Waals surface area contributed by atoms with Gasteiger partial charge in [0.15, 0.2) is 5.96 Å². The Morgan fingerprint density at radius 1 is 0.257 bits per heavy atom. The zero-order chi connectivity index (χ0) is 80.4. The number of carboxylic acids is 3. The quantitative estimate of drug-likeness (QED) is 0.0153. The minimum atomic E-state index is -2.11. The van der Waals surface area contributed by atoms with Crippen LogP contribution >= 0.6 is 0 Å². The van der Waals surface area contributed by atoms with Crippen LogP contribution in [0.5, 0.6) is 0 Å². The first-order valence-corrected chi connectivity index (χ1v) is 32.2. The van der Waals surface area contributed by atoms with E-state index in [1.165, 1.54) is 0 Å². The molecule has 586 valence electrons. The molecule has 0 aromatic carbocycles. The van der Waals surface area contributed by atoms with Crippen LogP contribution in [0.4, 0.5) is 0 Å². The number of nitrogens with two attached hydrogens (primary N) is 9. The predicted molar refractivity (Wildman–Crippen MR) is 355 cm³/mol. The summed E-state index contributed by atoms with van der Waals surface area (Å²) >= 11 is 0. The standard InChI is InChI=1S/C58H94N22O25/c1-25(81)70-28(5-15-38(60)83)49(97)74-30(7-17-40(62)85)51(99)72-27(3-2-24-69-58(67)68)48(96)73-31(8-18-41(63)86)52(100)78-35(12-22-45(91)92)56(104)76-33(10-20-43(65)88)54(102)80-36(13-23-46(93)94)57(105)77-32(9-19-42(64)87)53(101)79-34(11-21-44(89)90)55(103)75-29(6-16-39(61)84)50(98)71-26(47(66)95)4-14-37(59)82/h26-36H,2-24H2,1H3,(H2,59,82)(H2,60,83)(H2,61,84)(H2,62,85)(H2,63,86)(H2,64,87)(H2,65,88)(H2,66,95)(H,70,81)(H,71,98)(H,72,99)(H,73,96)(H,74,97)(H,75,103)(H,76,104)(H,77,105)(H,78,100)(H,79,101)(H,80,102)(H,89,90)(H,91,92)(H,93,94)(H4,67,68,69)/t26-,27-,28-,29-,30-,31-,32-,33-,34-,35-,36-/m0/s1. The van der Waals surface area contributed by atoms with Gasteiger partial charge in [-0.2, -0.15) is 0 Å². The van der Waals surface area contributed by atoms with Crippen LogP contribution in [-0.4, -0.2) is 224 Å². The monoisotopic (exact) mass is 1500 g/mol. The van der Waals surface area contributed by atoms with Crippen LogP contribution in [0.3, 0.4) is 0 Å². The number of carboxylic acid groups (broad SMARTS) is 3. The van der Waals surface area contributed by atoms with Crippen molar-refractivity contribution in [2.24, 2.45) is 51.6 Å². The molecule has 0 radical (unpaired) electrons. The molecular formula is C58H94N22O25. The molecule has 0 fully saturated rings. The van der Waals surface area contributed by atoms with Crippen molar-refractivity contribution >= 4 is 136 Å². The van der Waals surface area contributed by atoms with Gasteiger partial charge >= 0.3 is 17.9 Å². The molecule has 0 aliphatic carbocycles. The number of hydrogen-bond donors (Lipinski definition) is 25. The molecule has 0 heterocycles. The van der Waals surface area contributed by atoms with E-state index in [-0.39, 0.29) is 19.4 Å². The van der Waals surface area contributed by atoms with E-state index < -0.39 is 331 Å². The lowest BCUT2D eigenvalue weighted by atomic mass is 10.0. The normalized spacial score (nSPS) is 13.8. The Morgan fingerprint density at radius 2 is 0.419 bits per heavy atom. The molecule has 105 heavy (non-hydrogen) atoms. The minimum absolute atomic E-state index is 0.115. The molecule has 0 bridgehead atoms. The fraction of sp³-hybridized carbons (Fsp3) is 0.603. The van der Waals surface area contributed by atoms with Crippen LogP contribution in [-0.2, 0) is 105 Å². The number of carbonyl (C=O) groups is 22. The average Bonchev–Trinajstić information content (AvgIpc) is 0.862. The van der Waals surface area contributed by atoms with Crippen LogP contribution in [0.25, 0.3) is 0 Å². The second-order valence-corrected chi connectivity index (χ2v) is 23.6. The number of amides is 19. The Hall–Kier alpha value is -12.4. The van der Waals surface area contributed by atoms with E-state index in [2.05, 4.69) is 63.8 Å². The van der Waals surface area contributed by atoms with Crippen molar-refractivity contribution in [2.45, 2.75) is 215 Å². The number of primary amides is 8. The van der Waals surface area contributed by atoms with Crippen molar-refractivity contribution in [3.05, 3.63) is 0 Å².